The molecule has 7 heteroatoms. The lowest BCUT2D eigenvalue weighted by atomic mass is 10.1. The molecule has 0 atom stereocenters. The molecule has 2 aromatic carbocycles. The van der Waals surface area contributed by atoms with Crippen LogP contribution in [0.1, 0.15) is 15.9 Å². The minimum Gasteiger partial charge on any atom is -0.478 e. The van der Waals surface area contributed by atoms with Crippen molar-refractivity contribution in [2.24, 2.45) is 10.2 Å². The van der Waals surface area contributed by atoms with E-state index in [2.05, 4.69) is 15.1 Å². The molecule has 0 aliphatic rings. The van der Waals surface area contributed by atoms with E-state index in [1.807, 2.05) is 25.1 Å². The lowest BCUT2D eigenvalue weighted by Gasteiger charge is -2.23. The van der Waals surface area contributed by atoms with Crippen LogP contribution in [-0.2, 0) is 0 Å². The summed E-state index contributed by atoms with van der Waals surface area (Å²) >= 11 is 11.7. The summed E-state index contributed by atoms with van der Waals surface area (Å²) in [6, 6.07) is 12.1. The van der Waals surface area contributed by atoms with E-state index < -0.39 is 5.97 Å². The Hall–Kier alpha value is -2.11. The molecule has 0 unspecified atom stereocenters. The van der Waals surface area contributed by atoms with Gasteiger partial charge < -0.3 is 10.0 Å². The third kappa shape index (κ3) is 5.44. The first kappa shape index (κ1) is 19.2. The van der Waals surface area contributed by atoms with Crippen LogP contribution in [0, 0.1) is 6.92 Å². The van der Waals surface area contributed by atoms with E-state index in [0.717, 1.165) is 30.0 Å². The van der Waals surface area contributed by atoms with Gasteiger partial charge in [-0.2, -0.15) is 10.2 Å². The Morgan fingerprint density at radius 2 is 1.68 bits per heavy atom. The third-order valence-electron chi connectivity index (χ3n) is 3.64. The van der Waals surface area contributed by atoms with Crippen molar-refractivity contribution >= 4 is 46.2 Å². The molecule has 0 aromatic heterocycles. The van der Waals surface area contributed by atoms with Gasteiger partial charge in [0.25, 0.3) is 0 Å². The Bertz CT molecular complexity index is 742. The van der Waals surface area contributed by atoms with Crippen LogP contribution in [0.25, 0.3) is 0 Å². The highest BCUT2D eigenvalue weighted by Crippen LogP contribution is 2.27. The van der Waals surface area contributed by atoms with Crippen LogP contribution in [0.2, 0.25) is 0 Å². The lowest BCUT2D eigenvalue weighted by Crippen LogP contribution is -2.27. The smallest absolute Gasteiger partial charge is 0.335 e. The summed E-state index contributed by atoms with van der Waals surface area (Å²) < 4.78 is 0. The number of nitrogens with zero attached hydrogens (tertiary/aromatic N) is 3. The Morgan fingerprint density at radius 3 is 2.20 bits per heavy atom. The van der Waals surface area contributed by atoms with Crippen molar-refractivity contribution in [2.75, 3.05) is 29.7 Å². The van der Waals surface area contributed by atoms with Gasteiger partial charge in [-0.05, 0) is 55.0 Å². The Kier molecular flexibility index (Phi) is 7.22. The van der Waals surface area contributed by atoms with Gasteiger partial charge in [-0.3, -0.25) is 0 Å². The normalized spacial score (nSPS) is 11.0. The molecule has 0 heterocycles. The van der Waals surface area contributed by atoms with E-state index in [0.29, 0.717) is 17.4 Å². The number of carboxylic acids is 1. The molecule has 0 aliphatic carbocycles. The second-order valence-corrected chi connectivity index (χ2v) is 6.14. The zero-order chi connectivity index (χ0) is 18.2. The number of carboxylic acid groups (broad SMARTS) is 1. The first-order chi connectivity index (χ1) is 12.0. The van der Waals surface area contributed by atoms with E-state index >= 15 is 0 Å². The molecule has 132 valence electrons. The van der Waals surface area contributed by atoms with Crippen LogP contribution in [-0.4, -0.2) is 35.9 Å². The molecule has 1 N–H and O–H groups in total. The van der Waals surface area contributed by atoms with Crippen molar-refractivity contribution in [2.45, 2.75) is 6.92 Å². The molecular weight excluding hydrogens is 361 g/mol. The van der Waals surface area contributed by atoms with Crippen LogP contribution in [0.3, 0.4) is 0 Å². The molecule has 0 saturated heterocycles. The predicted molar refractivity (Wildman–Crippen MR) is 102 cm³/mol. The Labute approximate surface area is 156 Å². The molecule has 0 amide bonds. The van der Waals surface area contributed by atoms with Gasteiger partial charge in [0.05, 0.1) is 16.9 Å². The van der Waals surface area contributed by atoms with Crippen LogP contribution >= 0.6 is 23.2 Å². The lowest BCUT2D eigenvalue weighted by molar-refractivity contribution is 0.0697. The average molecular weight is 380 g/mol. The molecule has 0 saturated carbocycles. The van der Waals surface area contributed by atoms with Crippen LogP contribution < -0.4 is 4.90 Å². The van der Waals surface area contributed by atoms with Crippen LogP contribution in [0.5, 0.6) is 0 Å². The van der Waals surface area contributed by atoms with E-state index in [4.69, 9.17) is 28.3 Å². The van der Waals surface area contributed by atoms with Crippen molar-refractivity contribution in [3.05, 3.63) is 53.6 Å². The molecule has 2 rings (SSSR count). The summed E-state index contributed by atoms with van der Waals surface area (Å²) in [6.07, 6.45) is 0. The fourth-order valence-electron chi connectivity index (χ4n) is 2.30. The summed E-state index contributed by atoms with van der Waals surface area (Å²) in [5, 5.41) is 17.3. The minimum absolute atomic E-state index is 0.221. The predicted octanol–water partition coefficient (Wildman–Crippen LogP) is 5.39. The van der Waals surface area contributed by atoms with Crippen LogP contribution in [0.4, 0.5) is 17.1 Å². The van der Waals surface area contributed by atoms with Gasteiger partial charge >= 0.3 is 5.97 Å². The highest BCUT2D eigenvalue weighted by Gasteiger charge is 2.07. The number of rotatable bonds is 8. The molecule has 0 fully saturated rings. The number of anilines is 1. The molecule has 5 nitrogen and oxygen atoms in total. The standard InChI is InChI=1S/C18H19Cl2N3O2/c1-13-12-16(23(10-8-19)11-9-20)6-7-17(13)22-21-15-4-2-14(3-5-15)18(24)25/h2-7,12H,8-11H2,1H3,(H,24,25). The number of carbonyl (C=O) groups is 1. The molecular formula is C18H19Cl2N3O2. The van der Waals surface area contributed by atoms with Crippen LogP contribution in [0.15, 0.2) is 52.7 Å². The van der Waals surface area contributed by atoms with Gasteiger partial charge in [0.2, 0.25) is 0 Å². The molecule has 0 spiro atoms. The minimum atomic E-state index is -0.964. The highest BCUT2D eigenvalue weighted by molar-refractivity contribution is 6.18. The quantitative estimate of drug-likeness (QED) is 0.493. The van der Waals surface area contributed by atoms with E-state index in [1.165, 1.54) is 12.1 Å². The van der Waals surface area contributed by atoms with Gasteiger partial charge in [0, 0.05) is 30.5 Å². The fourth-order valence-corrected chi connectivity index (χ4v) is 2.71. The zero-order valence-electron chi connectivity index (χ0n) is 13.8. The number of hydrogen-bond donors (Lipinski definition) is 1. The Balaban J connectivity index is 2.15. The number of halogens is 2. The monoisotopic (exact) mass is 379 g/mol. The SMILES string of the molecule is Cc1cc(N(CCCl)CCCl)ccc1N=Nc1ccc(C(=O)O)cc1. The van der Waals surface area contributed by atoms with Gasteiger partial charge in [-0.25, -0.2) is 4.79 Å². The molecule has 0 bridgehead atoms. The van der Waals surface area contributed by atoms with Crippen molar-refractivity contribution in [1.29, 1.82) is 0 Å². The molecule has 0 radical (unpaired) electrons. The Morgan fingerprint density at radius 1 is 1.04 bits per heavy atom. The van der Waals surface area contributed by atoms with Crippen molar-refractivity contribution in [3.8, 4) is 0 Å². The van der Waals surface area contributed by atoms with Gasteiger partial charge in [0.15, 0.2) is 0 Å². The summed E-state index contributed by atoms with van der Waals surface area (Å²) in [6.45, 7) is 3.42. The topological polar surface area (TPSA) is 65.3 Å². The summed E-state index contributed by atoms with van der Waals surface area (Å²) in [5.41, 5.74) is 3.60. The third-order valence-corrected chi connectivity index (χ3v) is 3.98. The second-order valence-electron chi connectivity index (χ2n) is 5.39. The average Bonchev–Trinajstić information content (AvgIpc) is 2.61. The van der Waals surface area contributed by atoms with Gasteiger partial charge in [-0.15, -0.1) is 23.2 Å². The number of aromatic carboxylic acids is 1. The first-order valence-corrected chi connectivity index (χ1v) is 8.84. The highest BCUT2D eigenvalue weighted by atomic mass is 35.5. The second kappa shape index (κ2) is 9.39. The van der Waals surface area contributed by atoms with E-state index in [9.17, 15) is 4.79 Å². The van der Waals surface area contributed by atoms with Crippen molar-refractivity contribution < 1.29 is 9.90 Å². The summed E-state index contributed by atoms with van der Waals surface area (Å²) in [5.74, 6) is 0.0985. The maximum Gasteiger partial charge on any atom is 0.335 e. The zero-order valence-corrected chi connectivity index (χ0v) is 15.3. The van der Waals surface area contributed by atoms with Gasteiger partial charge in [-0.1, -0.05) is 0 Å². The first-order valence-electron chi connectivity index (χ1n) is 7.77. The molecule has 0 aliphatic heterocycles. The summed E-state index contributed by atoms with van der Waals surface area (Å²) in [4.78, 5) is 13.0. The van der Waals surface area contributed by atoms with Crippen molar-refractivity contribution in [1.82, 2.24) is 0 Å². The molecule has 25 heavy (non-hydrogen) atoms. The molecule has 2 aromatic rings. The number of aryl methyl sites for hydroxylation is 1. The maximum absolute atomic E-state index is 10.8. The number of azo groups is 1. The fraction of sp³-hybridized carbons (Fsp3) is 0.278. The number of hydrogen-bond acceptors (Lipinski definition) is 4. The van der Waals surface area contributed by atoms with E-state index in [-0.39, 0.29) is 5.56 Å². The largest absolute Gasteiger partial charge is 0.478 e. The number of benzene rings is 2. The number of alkyl halides is 2. The van der Waals surface area contributed by atoms with Gasteiger partial charge in [0.1, 0.15) is 0 Å². The summed E-state index contributed by atoms with van der Waals surface area (Å²) in [7, 11) is 0. The van der Waals surface area contributed by atoms with E-state index in [1.54, 1.807) is 12.1 Å². The maximum atomic E-state index is 10.8. The van der Waals surface area contributed by atoms with Crippen molar-refractivity contribution in [3.63, 3.8) is 0 Å².